The summed E-state index contributed by atoms with van der Waals surface area (Å²) in [7, 11) is -2.64. The molecule has 1 aliphatic rings. The molecule has 10 heteroatoms. The van der Waals surface area contributed by atoms with Gasteiger partial charge in [-0.2, -0.15) is 0 Å². The van der Waals surface area contributed by atoms with Crippen molar-refractivity contribution in [1.82, 2.24) is 4.90 Å². The Morgan fingerprint density at radius 3 is 2.36 bits per heavy atom. The van der Waals surface area contributed by atoms with Gasteiger partial charge in [0.15, 0.2) is 0 Å². The zero-order chi connectivity index (χ0) is 24.0. The number of hydrogen-bond donors (Lipinski definition) is 1. The summed E-state index contributed by atoms with van der Waals surface area (Å²) in [5.41, 5.74) is 0.492. The average Bonchev–Trinajstić information content (AvgIpc) is 3.09. The number of ether oxygens (including phenoxy) is 2. The predicted octanol–water partition coefficient (Wildman–Crippen LogP) is 4.34. The molecule has 1 saturated heterocycles. The normalized spacial score (nSPS) is 14.3. The quantitative estimate of drug-likeness (QED) is 0.574. The second-order valence-electron chi connectivity index (χ2n) is 7.59. The van der Waals surface area contributed by atoms with E-state index in [0.717, 1.165) is 25.7 Å². The van der Waals surface area contributed by atoms with Crippen molar-refractivity contribution in [2.45, 2.75) is 37.5 Å². The fourth-order valence-electron chi connectivity index (χ4n) is 3.61. The Kier molecular flexibility index (Phi) is 8.20. The maximum Gasteiger partial charge on any atom is 0.338 e. The van der Waals surface area contributed by atoms with Crippen molar-refractivity contribution in [3.63, 3.8) is 0 Å². The van der Waals surface area contributed by atoms with Gasteiger partial charge in [0.05, 0.1) is 40.4 Å². The molecule has 1 heterocycles. The standard InChI is InChI=1S/C23H27ClN2O6S/c1-3-32-23(28)16-8-10-20(19(24)14-16)25-33(29,30)17-9-11-21(31-2)18(15-17)22(27)26-12-6-4-5-7-13-26/h8-11,14-15,25H,3-7,12-13H2,1-2H3. The van der Waals surface area contributed by atoms with Gasteiger partial charge in [0.2, 0.25) is 0 Å². The first kappa shape index (κ1) is 24.9. The topological polar surface area (TPSA) is 102 Å². The third-order valence-electron chi connectivity index (χ3n) is 5.33. The number of nitrogens with zero attached hydrogens (tertiary/aromatic N) is 1. The summed E-state index contributed by atoms with van der Waals surface area (Å²) < 4.78 is 38.8. The minimum atomic E-state index is -4.07. The number of likely N-dealkylation sites (tertiary alicyclic amines) is 1. The van der Waals surface area contributed by atoms with E-state index in [1.165, 1.54) is 43.5 Å². The number of esters is 1. The van der Waals surface area contributed by atoms with Gasteiger partial charge < -0.3 is 14.4 Å². The Labute approximate surface area is 198 Å². The molecule has 0 unspecified atom stereocenters. The zero-order valence-corrected chi connectivity index (χ0v) is 20.2. The number of benzene rings is 2. The molecule has 1 amide bonds. The van der Waals surface area contributed by atoms with Gasteiger partial charge in [-0.15, -0.1) is 0 Å². The molecule has 0 atom stereocenters. The van der Waals surface area contributed by atoms with Crippen LogP contribution in [0, 0.1) is 0 Å². The van der Waals surface area contributed by atoms with Gasteiger partial charge in [0.1, 0.15) is 5.75 Å². The lowest BCUT2D eigenvalue weighted by Crippen LogP contribution is -2.32. The summed E-state index contributed by atoms with van der Waals surface area (Å²) in [5, 5.41) is 0.0403. The molecule has 1 fully saturated rings. The summed E-state index contributed by atoms with van der Waals surface area (Å²) in [6.45, 7) is 3.14. The van der Waals surface area contributed by atoms with Gasteiger partial charge in [-0.25, -0.2) is 13.2 Å². The number of hydrogen-bond acceptors (Lipinski definition) is 6. The van der Waals surface area contributed by atoms with Crippen LogP contribution in [0.4, 0.5) is 5.69 Å². The molecular formula is C23H27ClN2O6S. The number of amides is 1. The molecule has 0 saturated carbocycles. The summed E-state index contributed by atoms with van der Waals surface area (Å²) in [5.74, 6) is -0.511. The first-order valence-electron chi connectivity index (χ1n) is 10.7. The maximum atomic E-state index is 13.1. The number of methoxy groups -OCH3 is 1. The number of halogens is 1. The van der Waals surface area contributed by atoms with Crippen LogP contribution in [0.1, 0.15) is 53.3 Å². The van der Waals surface area contributed by atoms with E-state index in [1.807, 2.05) is 0 Å². The van der Waals surface area contributed by atoms with Gasteiger partial charge in [-0.3, -0.25) is 9.52 Å². The van der Waals surface area contributed by atoms with Crippen LogP contribution in [0.3, 0.4) is 0 Å². The fourth-order valence-corrected chi connectivity index (χ4v) is 5.00. The van der Waals surface area contributed by atoms with E-state index < -0.39 is 16.0 Å². The molecule has 0 radical (unpaired) electrons. The minimum absolute atomic E-state index is 0.0403. The molecule has 0 bridgehead atoms. The Bertz CT molecular complexity index is 1130. The second kappa shape index (κ2) is 10.9. The van der Waals surface area contributed by atoms with Crippen molar-refractivity contribution in [1.29, 1.82) is 0 Å². The molecule has 33 heavy (non-hydrogen) atoms. The second-order valence-corrected chi connectivity index (χ2v) is 9.68. The van der Waals surface area contributed by atoms with E-state index in [1.54, 1.807) is 11.8 Å². The van der Waals surface area contributed by atoms with Crippen LogP contribution >= 0.6 is 11.6 Å². The largest absolute Gasteiger partial charge is 0.496 e. The number of anilines is 1. The molecular weight excluding hydrogens is 468 g/mol. The van der Waals surface area contributed by atoms with Gasteiger partial charge >= 0.3 is 5.97 Å². The highest BCUT2D eigenvalue weighted by Crippen LogP contribution is 2.29. The fraction of sp³-hybridized carbons (Fsp3) is 0.391. The Hall–Kier alpha value is -2.78. The first-order chi connectivity index (χ1) is 15.8. The van der Waals surface area contributed by atoms with Crippen molar-refractivity contribution < 1.29 is 27.5 Å². The molecule has 8 nitrogen and oxygen atoms in total. The molecule has 3 rings (SSSR count). The van der Waals surface area contributed by atoms with Gasteiger partial charge in [-0.1, -0.05) is 24.4 Å². The van der Waals surface area contributed by atoms with Crippen LogP contribution in [0.25, 0.3) is 0 Å². The minimum Gasteiger partial charge on any atom is -0.496 e. The Balaban J connectivity index is 1.88. The third kappa shape index (κ3) is 5.97. The van der Waals surface area contributed by atoms with Crippen molar-refractivity contribution in [2.24, 2.45) is 0 Å². The number of carbonyl (C=O) groups is 2. The Morgan fingerprint density at radius 2 is 1.76 bits per heavy atom. The summed E-state index contributed by atoms with van der Waals surface area (Å²) in [6, 6.07) is 8.28. The van der Waals surface area contributed by atoms with E-state index in [2.05, 4.69) is 4.72 Å². The van der Waals surface area contributed by atoms with Crippen LogP contribution in [0.15, 0.2) is 41.3 Å². The van der Waals surface area contributed by atoms with E-state index in [-0.39, 0.29) is 39.2 Å². The van der Waals surface area contributed by atoms with E-state index in [9.17, 15) is 18.0 Å². The lowest BCUT2D eigenvalue weighted by Gasteiger charge is -2.22. The average molecular weight is 495 g/mol. The summed E-state index contributed by atoms with van der Waals surface area (Å²) >= 11 is 6.20. The van der Waals surface area contributed by atoms with Crippen molar-refractivity contribution in [3.05, 3.63) is 52.5 Å². The van der Waals surface area contributed by atoms with Crippen LogP contribution in [0.5, 0.6) is 5.75 Å². The van der Waals surface area contributed by atoms with Crippen LogP contribution in [0.2, 0.25) is 5.02 Å². The monoisotopic (exact) mass is 494 g/mol. The highest BCUT2D eigenvalue weighted by molar-refractivity contribution is 7.92. The number of carbonyl (C=O) groups excluding carboxylic acids is 2. The third-order valence-corrected chi connectivity index (χ3v) is 7.01. The van der Waals surface area contributed by atoms with Crippen molar-refractivity contribution in [2.75, 3.05) is 31.5 Å². The first-order valence-corrected chi connectivity index (χ1v) is 12.6. The molecule has 0 spiro atoms. The molecule has 1 N–H and O–H groups in total. The summed E-state index contributed by atoms with van der Waals surface area (Å²) in [6.07, 6.45) is 3.95. The molecule has 2 aromatic rings. The highest BCUT2D eigenvalue weighted by Gasteiger charge is 2.25. The van der Waals surface area contributed by atoms with Gasteiger partial charge in [0.25, 0.3) is 15.9 Å². The van der Waals surface area contributed by atoms with E-state index >= 15 is 0 Å². The van der Waals surface area contributed by atoms with E-state index in [0.29, 0.717) is 18.8 Å². The molecule has 0 aromatic heterocycles. The Morgan fingerprint density at radius 1 is 1.06 bits per heavy atom. The van der Waals surface area contributed by atoms with Crippen LogP contribution in [-0.4, -0.2) is 52.0 Å². The lowest BCUT2D eigenvalue weighted by atomic mass is 10.1. The van der Waals surface area contributed by atoms with Gasteiger partial charge in [0, 0.05) is 13.1 Å². The zero-order valence-electron chi connectivity index (χ0n) is 18.6. The molecule has 178 valence electrons. The molecule has 0 aliphatic carbocycles. The number of sulfonamides is 1. The lowest BCUT2D eigenvalue weighted by molar-refractivity contribution is 0.0526. The molecule has 2 aromatic carbocycles. The van der Waals surface area contributed by atoms with E-state index in [4.69, 9.17) is 21.1 Å². The van der Waals surface area contributed by atoms with Gasteiger partial charge in [-0.05, 0) is 56.2 Å². The van der Waals surface area contributed by atoms with Crippen LogP contribution in [-0.2, 0) is 14.8 Å². The summed E-state index contributed by atoms with van der Waals surface area (Å²) in [4.78, 5) is 26.6. The SMILES string of the molecule is CCOC(=O)c1ccc(NS(=O)(=O)c2ccc(OC)c(C(=O)N3CCCCCC3)c2)c(Cl)c1. The molecule has 1 aliphatic heterocycles. The highest BCUT2D eigenvalue weighted by atomic mass is 35.5. The predicted molar refractivity (Wildman–Crippen MR) is 126 cm³/mol. The number of rotatable bonds is 7. The van der Waals surface area contributed by atoms with Crippen molar-refractivity contribution in [3.8, 4) is 5.75 Å². The smallest absolute Gasteiger partial charge is 0.338 e. The van der Waals surface area contributed by atoms with Crippen LogP contribution < -0.4 is 9.46 Å². The van der Waals surface area contributed by atoms with Crippen molar-refractivity contribution >= 4 is 39.2 Å². The number of nitrogens with one attached hydrogen (secondary N) is 1. The maximum absolute atomic E-state index is 13.1.